The fourth-order valence-corrected chi connectivity index (χ4v) is 2.29. The van der Waals surface area contributed by atoms with E-state index in [1.807, 2.05) is 0 Å². The first kappa shape index (κ1) is 17.5. The number of ether oxygens (including phenoxy) is 1. The van der Waals surface area contributed by atoms with Gasteiger partial charge in [0, 0.05) is 0 Å². The summed E-state index contributed by atoms with van der Waals surface area (Å²) >= 11 is 0. The molecule has 0 bridgehead atoms. The molecule has 1 heteroatoms. The fraction of sp³-hybridized carbons (Fsp3) is 0.882. The van der Waals surface area contributed by atoms with E-state index < -0.39 is 0 Å². The average molecular weight is 254 g/mol. The summed E-state index contributed by atoms with van der Waals surface area (Å²) in [5, 5.41) is 0. The maximum atomic E-state index is 5.10. The van der Waals surface area contributed by atoms with Gasteiger partial charge in [-0.15, -0.1) is 0 Å². The lowest BCUT2D eigenvalue weighted by atomic mass is 10.0. The molecule has 0 heterocycles. The molecule has 1 nitrogen and oxygen atoms in total. The van der Waals surface area contributed by atoms with E-state index >= 15 is 0 Å². The van der Waals surface area contributed by atoms with Gasteiger partial charge in [-0.1, -0.05) is 90.6 Å². The topological polar surface area (TPSA) is 9.23 Å². The van der Waals surface area contributed by atoms with Gasteiger partial charge >= 0.3 is 0 Å². The Kier molecular flexibility index (Phi) is 16.1. The molecule has 0 saturated heterocycles. The summed E-state index contributed by atoms with van der Waals surface area (Å²) < 4.78 is 5.10. The van der Waals surface area contributed by atoms with Gasteiger partial charge in [0.15, 0.2) is 0 Å². The van der Waals surface area contributed by atoms with Crippen LogP contribution in [-0.4, -0.2) is 6.61 Å². The Labute approximate surface area is 115 Å². The van der Waals surface area contributed by atoms with E-state index in [1.54, 1.807) is 6.26 Å². The molecule has 0 saturated carbocycles. The van der Waals surface area contributed by atoms with Gasteiger partial charge in [-0.05, 0) is 6.42 Å². The molecule has 0 aliphatic rings. The minimum Gasteiger partial charge on any atom is -0.502 e. The Hall–Kier alpha value is -0.460. The van der Waals surface area contributed by atoms with Crippen molar-refractivity contribution in [3.63, 3.8) is 0 Å². The Bertz CT molecular complexity index is 154. The van der Waals surface area contributed by atoms with E-state index in [4.69, 9.17) is 4.74 Å². The minimum absolute atomic E-state index is 0.848. The summed E-state index contributed by atoms with van der Waals surface area (Å²) in [6.07, 6.45) is 19.7. The molecule has 0 radical (unpaired) electrons. The molecule has 0 rings (SSSR count). The second-order valence-corrected chi connectivity index (χ2v) is 5.28. The summed E-state index contributed by atoms with van der Waals surface area (Å²) in [5.41, 5.74) is 0. The molecular formula is C17H34O. The summed E-state index contributed by atoms with van der Waals surface area (Å²) in [6.45, 7) is 6.67. The monoisotopic (exact) mass is 254 g/mol. The van der Waals surface area contributed by atoms with Crippen LogP contribution in [0.1, 0.15) is 90.4 Å². The largest absolute Gasteiger partial charge is 0.502 e. The van der Waals surface area contributed by atoms with Crippen molar-refractivity contribution in [2.24, 2.45) is 0 Å². The van der Waals surface area contributed by atoms with E-state index in [9.17, 15) is 0 Å². The Morgan fingerprint density at radius 2 is 1.06 bits per heavy atom. The normalized spacial score (nSPS) is 10.5. The molecule has 0 spiro atoms. The van der Waals surface area contributed by atoms with E-state index in [0.717, 1.165) is 6.61 Å². The molecule has 0 N–H and O–H groups in total. The molecule has 108 valence electrons. The Morgan fingerprint density at radius 1 is 0.667 bits per heavy atom. The second-order valence-electron chi connectivity index (χ2n) is 5.28. The zero-order valence-electron chi connectivity index (χ0n) is 12.6. The van der Waals surface area contributed by atoms with Crippen LogP contribution in [0, 0.1) is 0 Å². The third kappa shape index (κ3) is 15.5. The highest BCUT2D eigenvalue weighted by Crippen LogP contribution is 2.12. The van der Waals surface area contributed by atoms with E-state index in [-0.39, 0.29) is 0 Å². The lowest BCUT2D eigenvalue weighted by Crippen LogP contribution is -1.87. The predicted octanol–water partition coefficient (Wildman–Crippen LogP) is 6.24. The van der Waals surface area contributed by atoms with Crippen molar-refractivity contribution in [1.29, 1.82) is 0 Å². The van der Waals surface area contributed by atoms with Crippen molar-refractivity contribution < 1.29 is 4.74 Å². The SMILES string of the molecule is C=COCCCCCCCCCCCCCCC. The fourth-order valence-electron chi connectivity index (χ4n) is 2.29. The molecule has 0 amide bonds. The predicted molar refractivity (Wildman–Crippen MR) is 81.8 cm³/mol. The first-order valence-corrected chi connectivity index (χ1v) is 8.14. The molecule has 0 aromatic carbocycles. The van der Waals surface area contributed by atoms with Gasteiger partial charge < -0.3 is 4.74 Å². The number of rotatable bonds is 15. The highest BCUT2D eigenvalue weighted by Gasteiger charge is 1.93. The lowest BCUT2D eigenvalue weighted by molar-refractivity contribution is 0.241. The summed E-state index contributed by atoms with van der Waals surface area (Å²) in [5.74, 6) is 0. The van der Waals surface area contributed by atoms with Gasteiger partial charge in [-0.3, -0.25) is 0 Å². The van der Waals surface area contributed by atoms with Crippen molar-refractivity contribution in [1.82, 2.24) is 0 Å². The van der Waals surface area contributed by atoms with Crippen molar-refractivity contribution in [3.05, 3.63) is 12.8 Å². The van der Waals surface area contributed by atoms with Gasteiger partial charge in [0.25, 0.3) is 0 Å². The number of unbranched alkanes of at least 4 members (excludes halogenated alkanes) is 12. The van der Waals surface area contributed by atoms with Crippen LogP contribution in [0.15, 0.2) is 12.8 Å². The first-order chi connectivity index (χ1) is 8.91. The molecule has 0 unspecified atom stereocenters. The maximum Gasteiger partial charge on any atom is 0.0873 e. The van der Waals surface area contributed by atoms with Crippen LogP contribution in [0.2, 0.25) is 0 Å². The van der Waals surface area contributed by atoms with Crippen molar-refractivity contribution in [3.8, 4) is 0 Å². The lowest BCUT2D eigenvalue weighted by Gasteiger charge is -2.03. The zero-order chi connectivity index (χ0) is 13.3. The van der Waals surface area contributed by atoms with E-state index in [0.29, 0.717) is 0 Å². The molecule has 18 heavy (non-hydrogen) atoms. The van der Waals surface area contributed by atoms with Gasteiger partial charge in [0.05, 0.1) is 12.9 Å². The number of hydrogen-bond acceptors (Lipinski definition) is 1. The van der Waals surface area contributed by atoms with Crippen LogP contribution >= 0.6 is 0 Å². The summed E-state index contributed by atoms with van der Waals surface area (Å²) in [6, 6.07) is 0. The van der Waals surface area contributed by atoms with Gasteiger partial charge in [-0.2, -0.15) is 0 Å². The van der Waals surface area contributed by atoms with E-state index in [2.05, 4.69) is 13.5 Å². The average Bonchev–Trinajstić information content (AvgIpc) is 2.39. The van der Waals surface area contributed by atoms with Gasteiger partial charge in [0.2, 0.25) is 0 Å². The van der Waals surface area contributed by atoms with Crippen LogP contribution in [0.3, 0.4) is 0 Å². The van der Waals surface area contributed by atoms with Gasteiger partial charge in [-0.25, -0.2) is 0 Å². The smallest absolute Gasteiger partial charge is 0.0873 e. The maximum absolute atomic E-state index is 5.10. The van der Waals surface area contributed by atoms with Crippen LogP contribution < -0.4 is 0 Å². The van der Waals surface area contributed by atoms with E-state index in [1.165, 1.54) is 83.5 Å². The van der Waals surface area contributed by atoms with Crippen molar-refractivity contribution >= 4 is 0 Å². The number of hydrogen-bond donors (Lipinski definition) is 0. The zero-order valence-corrected chi connectivity index (χ0v) is 12.6. The molecule has 0 aromatic heterocycles. The highest BCUT2D eigenvalue weighted by atomic mass is 16.5. The first-order valence-electron chi connectivity index (χ1n) is 8.14. The highest BCUT2D eigenvalue weighted by molar-refractivity contribution is 4.51. The molecule has 0 atom stereocenters. The Balaban J connectivity index is 2.88. The summed E-state index contributed by atoms with van der Waals surface area (Å²) in [7, 11) is 0. The molecule has 0 aromatic rings. The Morgan fingerprint density at radius 3 is 1.44 bits per heavy atom. The van der Waals surface area contributed by atoms with Crippen LogP contribution in [-0.2, 0) is 4.74 Å². The minimum atomic E-state index is 0.848. The third-order valence-electron chi connectivity index (χ3n) is 3.48. The molecule has 0 fully saturated rings. The standard InChI is InChI=1S/C17H34O/c1-3-5-6-7-8-9-10-11-12-13-14-15-16-17-18-4-2/h4H,2-3,5-17H2,1H3. The van der Waals surface area contributed by atoms with Crippen LogP contribution in [0.4, 0.5) is 0 Å². The van der Waals surface area contributed by atoms with Crippen LogP contribution in [0.5, 0.6) is 0 Å². The second kappa shape index (κ2) is 16.5. The quantitative estimate of drug-likeness (QED) is 0.248. The molecule has 0 aliphatic carbocycles. The third-order valence-corrected chi connectivity index (χ3v) is 3.48. The van der Waals surface area contributed by atoms with Crippen molar-refractivity contribution in [2.45, 2.75) is 90.4 Å². The van der Waals surface area contributed by atoms with Crippen molar-refractivity contribution in [2.75, 3.05) is 6.61 Å². The van der Waals surface area contributed by atoms with Crippen LogP contribution in [0.25, 0.3) is 0 Å². The molecule has 0 aliphatic heterocycles. The summed E-state index contributed by atoms with van der Waals surface area (Å²) in [4.78, 5) is 0. The van der Waals surface area contributed by atoms with Gasteiger partial charge in [0.1, 0.15) is 0 Å². The molecular weight excluding hydrogens is 220 g/mol.